The first-order valence-electron chi connectivity index (χ1n) is 6.82. The molecular weight excluding hydrogens is 323 g/mol. The number of alkyl halides is 3. The number of hydrogen-bond acceptors (Lipinski definition) is 3. The number of oxazole rings is 1. The quantitative estimate of drug-likeness (QED) is 0.753. The lowest BCUT2D eigenvalue weighted by Crippen LogP contribution is -2.04. The van der Waals surface area contributed by atoms with Crippen LogP contribution in [0.3, 0.4) is 0 Å². The van der Waals surface area contributed by atoms with E-state index in [1.165, 1.54) is 42.6 Å². The molecule has 0 fully saturated rings. The maximum Gasteiger partial charge on any atom is 0.416 e. The summed E-state index contributed by atoms with van der Waals surface area (Å²) in [5.41, 5.74) is 0.121. The molecule has 122 valence electrons. The molecule has 0 aliphatic heterocycles. The Morgan fingerprint density at radius 3 is 2.38 bits per heavy atom. The number of nitrogens with zero attached hydrogens (tertiary/aromatic N) is 1. The zero-order chi connectivity index (χ0) is 17.3. The molecule has 7 heteroatoms. The molecule has 3 rings (SSSR count). The van der Waals surface area contributed by atoms with Crippen molar-refractivity contribution < 1.29 is 27.5 Å². The van der Waals surface area contributed by atoms with Gasteiger partial charge in [0.1, 0.15) is 0 Å². The first-order valence-corrected chi connectivity index (χ1v) is 6.82. The lowest BCUT2D eigenvalue weighted by molar-refractivity contribution is -0.137. The summed E-state index contributed by atoms with van der Waals surface area (Å²) in [6.07, 6.45) is -3.11. The molecule has 0 radical (unpaired) electrons. The summed E-state index contributed by atoms with van der Waals surface area (Å²) in [5.74, 6) is -0.670. The maximum atomic E-state index is 12.8. The minimum atomic E-state index is -4.44. The Kier molecular flexibility index (Phi) is 3.84. The van der Waals surface area contributed by atoms with Crippen LogP contribution in [0.15, 0.2) is 59.1 Å². The predicted octanol–water partition coefficient (Wildman–Crippen LogP) is 4.73. The van der Waals surface area contributed by atoms with Crippen LogP contribution in [0, 0.1) is 0 Å². The molecule has 0 spiro atoms. The van der Waals surface area contributed by atoms with Crippen molar-refractivity contribution in [3.8, 4) is 22.8 Å². The van der Waals surface area contributed by atoms with Crippen LogP contribution < -0.4 is 0 Å². The zero-order valence-electron chi connectivity index (χ0n) is 12.0. The first-order chi connectivity index (χ1) is 11.3. The predicted molar refractivity (Wildman–Crippen MR) is 79.3 cm³/mol. The van der Waals surface area contributed by atoms with E-state index in [0.29, 0.717) is 5.56 Å². The summed E-state index contributed by atoms with van der Waals surface area (Å²) in [6.45, 7) is 0. The van der Waals surface area contributed by atoms with Crippen LogP contribution in [-0.2, 0) is 6.18 Å². The zero-order valence-corrected chi connectivity index (χ0v) is 12.0. The average molecular weight is 333 g/mol. The molecule has 24 heavy (non-hydrogen) atoms. The first kappa shape index (κ1) is 15.8. The molecule has 0 saturated heterocycles. The molecule has 0 aliphatic rings. The molecular formula is C17H10F3NO3. The third-order valence-electron chi connectivity index (χ3n) is 3.36. The molecule has 0 atom stereocenters. The average Bonchev–Trinajstić information content (AvgIpc) is 3.04. The van der Waals surface area contributed by atoms with Gasteiger partial charge in [0.2, 0.25) is 5.89 Å². The second kappa shape index (κ2) is 5.84. The van der Waals surface area contributed by atoms with Gasteiger partial charge in [-0.3, -0.25) is 0 Å². The lowest BCUT2D eigenvalue weighted by Gasteiger charge is -2.07. The van der Waals surface area contributed by atoms with Gasteiger partial charge >= 0.3 is 12.1 Å². The van der Waals surface area contributed by atoms with E-state index in [2.05, 4.69) is 4.98 Å². The second-order valence-corrected chi connectivity index (χ2v) is 4.99. The van der Waals surface area contributed by atoms with Crippen molar-refractivity contribution in [2.45, 2.75) is 6.18 Å². The van der Waals surface area contributed by atoms with E-state index in [0.717, 1.165) is 12.1 Å². The van der Waals surface area contributed by atoms with E-state index < -0.39 is 17.7 Å². The normalized spacial score (nSPS) is 11.5. The van der Waals surface area contributed by atoms with E-state index in [9.17, 15) is 18.0 Å². The van der Waals surface area contributed by atoms with Crippen LogP contribution in [-0.4, -0.2) is 16.1 Å². The number of hydrogen-bond donors (Lipinski definition) is 1. The van der Waals surface area contributed by atoms with Gasteiger partial charge in [-0.25, -0.2) is 9.78 Å². The fourth-order valence-electron chi connectivity index (χ4n) is 2.15. The Morgan fingerprint density at radius 2 is 1.75 bits per heavy atom. The van der Waals surface area contributed by atoms with Crippen LogP contribution in [0.5, 0.6) is 0 Å². The molecule has 0 saturated carbocycles. The maximum absolute atomic E-state index is 12.8. The SMILES string of the molecule is O=C(O)c1ccc(-c2ncc(-c3cccc(C(F)(F)F)c3)o2)cc1. The molecule has 0 unspecified atom stereocenters. The van der Waals surface area contributed by atoms with Crippen molar-refractivity contribution in [3.05, 3.63) is 65.9 Å². The summed E-state index contributed by atoms with van der Waals surface area (Å²) in [4.78, 5) is 14.9. The Hall–Kier alpha value is -3.09. The minimum absolute atomic E-state index is 0.114. The molecule has 2 aromatic carbocycles. The Balaban J connectivity index is 1.92. The Morgan fingerprint density at radius 1 is 1.04 bits per heavy atom. The van der Waals surface area contributed by atoms with Crippen LogP contribution >= 0.6 is 0 Å². The summed E-state index contributed by atoms with van der Waals surface area (Å²) in [7, 11) is 0. The number of carboxylic acid groups (broad SMARTS) is 1. The van der Waals surface area contributed by atoms with E-state index in [1.807, 2.05) is 0 Å². The highest BCUT2D eigenvalue weighted by molar-refractivity contribution is 5.88. The summed E-state index contributed by atoms with van der Waals surface area (Å²) < 4.78 is 43.8. The summed E-state index contributed by atoms with van der Waals surface area (Å²) >= 11 is 0. The highest BCUT2D eigenvalue weighted by Crippen LogP contribution is 2.33. The molecule has 4 nitrogen and oxygen atoms in total. The Bertz CT molecular complexity index is 883. The van der Waals surface area contributed by atoms with Crippen molar-refractivity contribution in [2.75, 3.05) is 0 Å². The van der Waals surface area contributed by atoms with Gasteiger partial charge in [0.05, 0.1) is 17.3 Å². The van der Waals surface area contributed by atoms with Gasteiger partial charge in [0.25, 0.3) is 0 Å². The fraction of sp³-hybridized carbons (Fsp3) is 0.0588. The number of carboxylic acids is 1. The number of benzene rings is 2. The standard InChI is InChI=1S/C17H10F3NO3/c18-17(19,20)13-3-1-2-12(8-13)14-9-21-15(24-14)10-4-6-11(7-5-10)16(22)23/h1-9H,(H,22,23). The molecule has 0 bridgehead atoms. The van der Waals surface area contributed by atoms with Crippen molar-refractivity contribution in [1.29, 1.82) is 0 Å². The van der Waals surface area contributed by atoms with Crippen LogP contribution in [0.1, 0.15) is 15.9 Å². The van der Waals surface area contributed by atoms with Gasteiger partial charge in [-0.15, -0.1) is 0 Å². The van der Waals surface area contributed by atoms with E-state index >= 15 is 0 Å². The van der Waals surface area contributed by atoms with Crippen molar-refractivity contribution in [2.24, 2.45) is 0 Å². The summed E-state index contributed by atoms with van der Waals surface area (Å²) in [6, 6.07) is 10.6. The monoisotopic (exact) mass is 333 g/mol. The van der Waals surface area contributed by atoms with Gasteiger partial charge < -0.3 is 9.52 Å². The fourth-order valence-corrected chi connectivity index (χ4v) is 2.15. The number of halogens is 3. The molecule has 1 N–H and O–H groups in total. The van der Waals surface area contributed by atoms with Gasteiger partial charge in [-0.05, 0) is 36.4 Å². The topological polar surface area (TPSA) is 63.3 Å². The number of rotatable bonds is 3. The van der Waals surface area contributed by atoms with Crippen molar-refractivity contribution in [3.63, 3.8) is 0 Å². The Labute approximate surface area is 134 Å². The number of aromatic carboxylic acids is 1. The van der Waals surface area contributed by atoms with Crippen LogP contribution in [0.25, 0.3) is 22.8 Å². The third kappa shape index (κ3) is 3.15. The molecule has 0 amide bonds. The smallest absolute Gasteiger partial charge is 0.416 e. The van der Waals surface area contributed by atoms with Crippen LogP contribution in [0.2, 0.25) is 0 Å². The largest absolute Gasteiger partial charge is 0.478 e. The van der Waals surface area contributed by atoms with Gasteiger partial charge in [0.15, 0.2) is 5.76 Å². The second-order valence-electron chi connectivity index (χ2n) is 4.99. The van der Waals surface area contributed by atoms with Crippen LogP contribution in [0.4, 0.5) is 13.2 Å². The van der Waals surface area contributed by atoms with Gasteiger partial charge in [-0.1, -0.05) is 12.1 Å². The highest BCUT2D eigenvalue weighted by atomic mass is 19.4. The van der Waals surface area contributed by atoms with E-state index in [-0.39, 0.29) is 22.8 Å². The molecule has 0 aliphatic carbocycles. The lowest BCUT2D eigenvalue weighted by atomic mass is 10.1. The van der Waals surface area contributed by atoms with Crippen molar-refractivity contribution in [1.82, 2.24) is 4.98 Å². The van der Waals surface area contributed by atoms with E-state index in [1.54, 1.807) is 0 Å². The highest BCUT2D eigenvalue weighted by Gasteiger charge is 2.30. The number of aromatic nitrogens is 1. The molecule has 1 aromatic heterocycles. The molecule has 1 heterocycles. The molecule has 3 aromatic rings. The minimum Gasteiger partial charge on any atom is -0.478 e. The third-order valence-corrected chi connectivity index (χ3v) is 3.36. The van der Waals surface area contributed by atoms with Crippen molar-refractivity contribution >= 4 is 5.97 Å². The van der Waals surface area contributed by atoms with Gasteiger partial charge in [-0.2, -0.15) is 13.2 Å². The summed E-state index contributed by atoms with van der Waals surface area (Å²) in [5, 5.41) is 8.86. The van der Waals surface area contributed by atoms with Gasteiger partial charge in [0, 0.05) is 11.1 Å². The number of carbonyl (C=O) groups is 1. The van der Waals surface area contributed by atoms with E-state index in [4.69, 9.17) is 9.52 Å².